The van der Waals surface area contributed by atoms with Crippen LogP contribution in [0, 0.1) is 6.92 Å². The van der Waals surface area contributed by atoms with Crippen LogP contribution in [0.3, 0.4) is 0 Å². The zero-order valence-corrected chi connectivity index (χ0v) is 24.7. The normalized spacial score (nSPS) is 11.6. The Labute approximate surface area is 248 Å². The molecule has 0 spiro atoms. The van der Waals surface area contributed by atoms with Crippen molar-refractivity contribution in [2.45, 2.75) is 12.8 Å². The lowest BCUT2D eigenvalue weighted by atomic mass is 9.84. The molecule has 3 heterocycles. The van der Waals surface area contributed by atoms with Crippen molar-refractivity contribution in [3.8, 4) is 17.3 Å². The van der Waals surface area contributed by atoms with Crippen LogP contribution in [0.15, 0.2) is 118 Å². The second-order valence-electron chi connectivity index (χ2n) is 9.77. The minimum absolute atomic E-state index is 0.178. The summed E-state index contributed by atoms with van der Waals surface area (Å²) >= 11 is 7.39. The van der Waals surface area contributed by atoms with Crippen molar-refractivity contribution in [3.63, 3.8) is 0 Å². The Morgan fingerprint density at radius 1 is 0.725 bits per heavy atom. The van der Waals surface area contributed by atoms with Gasteiger partial charge >= 0.3 is 0 Å². The van der Waals surface area contributed by atoms with Crippen molar-refractivity contribution < 1.29 is 4.74 Å². The molecule has 7 rings (SSSR count). The van der Waals surface area contributed by atoms with Crippen LogP contribution >= 0.6 is 31.9 Å². The quantitative estimate of drug-likeness (QED) is 0.188. The van der Waals surface area contributed by atoms with Crippen LogP contribution < -0.4 is 4.74 Å². The highest BCUT2D eigenvalue weighted by Crippen LogP contribution is 2.46. The van der Waals surface area contributed by atoms with Crippen LogP contribution in [0.4, 0.5) is 0 Å². The van der Waals surface area contributed by atoms with Crippen LogP contribution in [-0.4, -0.2) is 19.7 Å². The van der Waals surface area contributed by atoms with E-state index in [1.54, 1.807) is 0 Å². The summed E-state index contributed by atoms with van der Waals surface area (Å²) in [4.78, 5) is 7.01. The van der Waals surface area contributed by atoms with E-state index in [0.717, 1.165) is 64.6 Å². The molecule has 7 aromatic rings. The van der Waals surface area contributed by atoms with Gasteiger partial charge in [-0.25, -0.2) is 4.68 Å². The number of aromatic nitrogens is 4. The SMILES string of the molecule is Cc1nn(-c2ccccc2)c(Oc2ccccc2)c1C(c1c[nH]c2ccc(Br)cc12)c1c[nH]c2ccc(Br)cc12. The number of hydrogen-bond donors (Lipinski definition) is 2. The highest BCUT2D eigenvalue weighted by molar-refractivity contribution is 9.10. The van der Waals surface area contributed by atoms with Gasteiger partial charge in [-0.2, -0.15) is 5.10 Å². The van der Waals surface area contributed by atoms with E-state index in [1.807, 2.05) is 53.2 Å². The molecule has 0 aliphatic rings. The number of fused-ring (bicyclic) bond motifs is 2. The lowest BCUT2D eigenvalue weighted by Gasteiger charge is -2.19. The van der Waals surface area contributed by atoms with Crippen molar-refractivity contribution in [3.05, 3.63) is 141 Å². The maximum Gasteiger partial charge on any atom is 0.227 e. The zero-order chi connectivity index (χ0) is 27.2. The molecule has 3 aromatic heterocycles. The highest BCUT2D eigenvalue weighted by atomic mass is 79.9. The van der Waals surface area contributed by atoms with E-state index >= 15 is 0 Å². The van der Waals surface area contributed by atoms with E-state index in [4.69, 9.17) is 9.84 Å². The molecule has 5 nitrogen and oxygen atoms in total. The van der Waals surface area contributed by atoms with Gasteiger partial charge in [0, 0.05) is 54.6 Å². The van der Waals surface area contributed by atoms with Crippen LogP contribution in [0.5, 0.6) is 11.6 Å². The summed E-state index contributed by atoms with van der Waals surface area (Å²) in [5, 5.41) is 7.35. The fraction of sp³-hybridized carbons (Fsp3) is 0.0606. The van der Waals surface area contributed by atoms with Gasteiger partial charge in [-0.1, -0.05) is 68.3 Å². The second kappa shape index (κ2) is 10.2. The first kappa shape index (κ1) is 24.9. The fourth-order valence-corrected chi connectivity index (χ4v) is 6.20. The molecular formula is C33H24Br2N4O. The smallest absolute Gasteiger partial charge is 0.227 e. The number of nitrogens with one attached hydrogen (secondary N) is 2. The molecule has 0 aliphatic heterocycles. The highest BCUT2D eigenvalue weighted by Gasteiger charge is 2.32. The van der Waals surface area contributed by atoms with Gasteiger partial charge in [0.2, 0.25) is 5.88 Å². The Bertz CT molecular complexity index is 1890. The minimum Gasteiger partial charge on any atom is -0.439 e. The van der Waals surface area contributed by atoms with Crippen LogP contribution in [0.2, 0.25) is 0 Å². The molecule has 196 valence electrons. The van der Waals surface area contributed by atoms with Gasteiger partial charge in [0.15, 0.2) is 0 Å². The number of ether oxygens (including phenoxy) is 1. The van der Waals surface area contributed by atoms with Gasteiger partial charge in [-0.15, -0.1) is 0 Å². The van der Waals surface area contributed by atoms with E-state index in [1.165, 1.54) is 0 Å². The van der Waals surface area contributed by atoms with E-state index in [0.29, 0.717) is 5.88 Å². The van der Waals surface area contributed by atoms with Crippen molar-refractivity contribution in [1.29, 1.82) is 0 Å². The summed E-state index contributed by atoms with van der Waals surface area (Å²) in [5.41, 5.74) is 7.27. The molecule has 0 saturated carbocycles. The van der Waals surface area contributed by atoms with E-state index in [9.17, 15) is 0 Å². The number of rotatable bonds is 6. The number of para-hydroxylation sites is 2. The first-order chi connectivity index (χ1) is 19.6. The van der Waals surface area contributed by atoms with E-state index in [2.05, 4.69) is 110 Å². The summed E-state index contributed by atoms with van der Waals surface area (Å²) in [5.74, 6) is 1.26. The Balaban J connectivity index is 1.55. The van der Waals surface area contributed by atoms with Gasteiger partial charge in [0.25, 0.3) is 0 Å². The molecule has 40 heavy (non-hydrogen) atoms. The molecule has 0 amide bonds. The number of aryl methyl sites for hydroxylation is 1. The third-order valence-electron chi connectivity index (χ3n) is 7.28. The molecule has 4 aromatic carbocycles. The van der Waals surface area contributed by atoms with Crippen LogP contribution in [0.1, 0.15) is 28.3 Å². The molecule has 0 bridgehead atoms. The van der Waals surface area contributed by atoms with E-state index in [-0.39, 0.29) is 5.92 Å². The second-order valence-corrected chi connectivity index (χ2v) is 11.6. The summed E-state index contributed by atoms with van der Waals surface area (Å²) in [6, 6.07) is 32.7. The Hall–Kier alpha value is -4.07. The first-order valence-electron chi connectivity index (χ1n) is 13.0. The lowest BCUT2D eigenvalue weighted by molar-refractivity contribution is 0.438. The summed E-state index contributed by atoms with van der Waals surface area (Å²) in [7, 11) is 0. The van der Waals surface area contributed by atoms with Gasteiger partial charge in [-0.3, -0.25) is 0 Å². The molecule has 0 aliphatic carbocycles. The first-order valence-corrected chi connectivity index (χ1v) is 14.6. The Morgan fingerprint density at radius 3 is 1.85 bits per heavy atom. The largest absolute Gasteiger partial charge is 0.439 e. The van der Waals surface area contributed by atoms with Crippen LogP contribution in [0.25, 0.3) is 27.5 Å². The van der Waals surface area contributed by atoms with Crippen molar-refractivity contribution >= 4 is 53.7 Å². The molecular weight excluding hydrogens is 628 g/mol. The van der Waals surface area contributed by atoms with Crippen LogP contribution in [-0.2, 0) is 0 Å². The number of benzene rings is 4. The Kier molecular flexibility index (Phi) is 6.33. The van der Waals surface area contributed by atoms with Gasteiger partial charge in [0.05, 0.1) is 11.4 Å². The maximum absolute atomic E-state index is 6.73. The molecule has 0 unspecified atom stereocenters. The van der Waals surface area contributed by atoms with Crippen molar-refractivity contribution in [2.75, 3.05) is 0 Å². The van der Waals surface area contributed by atoms with Gasteiger partial charge in [-0.05, 0) is 78.7 Å². The predicted octanol–water partition coefficient (Wildman–Crippen LogP) is 9.64. The summed E-state index contributed by atoms with van der Waals surface area (Å²) < 4.78 is 10.7. The minimum atomic E-state index is -0.178. The average Bonchev–Trinajstić information content (AvgIpc) is 3.67. The molecule has 0 atom stereocenters. The monoisotopic (exact) mass is 650 g/mol. The summed E-state index contributed by atoms with van der Waals surface area (Å²) in [6.45, 7) is 2.06. The molecule has 0 fully saturated rings. The van der Waals surface area contributed by atoms with Crippen molar-refractivity contribution in [1.82, 2.24) is 19.7 Å². The van der Waals surface area contributed by atoms with Gasteiger partial charge in [0.1, 0.15) is 5.75 Å². The maximum atomic E-state index is 6.73. The lowest BCUT2D eigenvalue weighted by Crippen LogP contribution is -2.06. The molecule has 0 radical (unpaired) electrons. The average molecular weight is 652 g/mol. The predicted molar refractivity (Wildman–Crippen MR) is 168 cm³/mol. The third kappa shape index (κ3) is 4.35. The fourth-order valence-electron chi connectivity index (χ4n) is 5.48. The van der Waals surface area contributed by atoms with Gasteiger partial charge < -0.3 is 14.7 Å². The molecule has 7 heteroatoms. The number of nitrogens with zero attached hydrogens (tertiary/aromatic N) is 2. The van der Waals surface area contributed by atoms with Crippen molar-refractivity contribution in [2.24, 2.45) is 0 Å². The zero-order valence-electron chi connectivity index (χ0n) is 21.5. The standard InChI is InChI=1S/C33H24Br2N4O/c1-20-31(33(40-24-10-6-3-7-11-24)39(38-20)23-8-4-2-5-9-23)32(27-18-36-29-14-12-21(34)16-25(27)29)28-19-37-30-15-13-22(35)17-26(28)30/h2-19,32,36-37H,1H3. The third-order valence-corrected chi connectivity index (χ3v) is 8.27. The van der Waals surface area contributed by atoms with E-state index < -0.39 is 0 Å². The molecule has 0 saturated heterocycles. The molecule has 2 N–H and O–H groups in total. The summed E-state index contributed by atoms with van der Waals surface area (Å²) in [6.07, 6.45) is 4.23. The number of hydrogen-bond acceptors (Lipinski definition) is 2. The topological polar surface area (TPSA) is 58.6 Å². The number of H-pyrrole nitrogens is 2. The number of aromatic amines is 2. The Morgan fingerprint density at radius 2 is 1.27 bits per heavy atom. The number of halogens is 2.